The Morgan fingerprint density at radius 3 is 2.26 bits per heavy atom. The van der Waals surface area contributed by atoms with E-state index >= 15 is 0 Å². The van der Waals surface area contributed by atoms with Gasteiger partial charge in [0, 0.05) is 23.6 Å². The van der Waals surface area contributed by atoms with Crippen LogP contribution in [0.1, 0.15) is 22.6 Å². The average molecular weight is 537 g/mol. The van der Waals surface area contributed by atoms with Crippen molar-refractivity contribution in [3.8, 4) is 28.7 Å². The summed E-state index contributed by atoms with van der Waals surface area (Å²) in [6.45, 7) is 0.177. The van der Waals surface area contributed by atoms with Crippen LogP contribution in [0.5, 0.6) is 28.7 Å². The molecular formula is C29H28O10. The Morgan fingerprint density at radius 2 is 1.67 bits per heavy atom. The Kier molecular flexibility index (Phi) is 6.51. The Balaban J connectivity index is 1.94. The normalized spacial score (nSPS) is 26.5. The molecule has 0 amide bonds. The number of rotatable bonds is 8. The minimum Gasteiger partial charge on any atom is -0.504 e. The van der Waals surface area contributed by atoms with E-state index in [9.17, 15) is 19.8 Å². The van der Waals surface area contributed by atoms with E-state index < -0.39 is 35.1 Å². The summed E-state index contributed by atoms with van der Waals surface area (Å²) in [5.74, 6) is -2.21. The van der Waals surface area contributed by atoms with Gasteiger partial charge in [0.2, 0.25) is 0 Å². The third kappa shape index (κ3) is 3.51. The first-order chi connectivity index (χ1) is 18.8. The second-order valence-electron chi connectivity index (χ2n) is 9.28. The predicted molar refractivity (Wildman–Crippen MR) is 136 cm³/mol. The van der Waals surface area contributed by atoms with Crippen LogP contribution >= 0.6 is 0 Å². The molecule has 0 saturated heterocycles. The first kappa shape index (κ1) is 26.2. The number of carbonyl (C=O) groups is 2. The number of hydrogen-bond acceptors (Lipinski definition) is 10. The van der Waals surface area contributed by atoms with Crippen LogP contribution in [0.3, 0.4) is 0 Å². The predicted octanol–water partition coefficient (Wildman–Crippen LogP) is 3.02. The number of ether oxygens (including phenoxy) is 6. The lowest BCUT2D eigenvalue weighted by Gasteiger charge is -2.41. The van der Waals surface area contributed by atoms with Crippen molar-refractivity contribution in [1.29, 1.82) is 0 Å². The lowest BCUT2D eigenvalue weighted by Crippen LogP contribution is -2.52. The highest BCUT2D eigenvalue weighted by Crippen LogP contribution is 2.71. The average Bonchev–Trinajstić information content (AvgIpc) is 3.35. The molecule has 0 spiro atoms. The second kappa shape index (κ2) is 9.70. The van der Waals surface area contributed by atoms with Crippen LogP contribution in [0.15, 0.2) is 60.7 Å². The van der Waals surface area contributed by atoms with Crippen molar-refractivity contribution in [2.45, 2.75) is 23.2 Å². The molecule has 5 unspecified atom stereocenters. The zero-order valence-electron chi connectivity index (χ0n) is 21.7. The molecule has 10 heteroatoms. The largest absolute Gasteiger partial charge is 0.504 e. The smallest absolute Gasteiger partial charge is 0.313 e. The van der Waals surface area contributed by atoms with E-state index in [2.05, 4.69) is 0 Å². The molecule has 5 rings (SSSR count). The number of hydrogen-bond donors (Lipinski definition) is 2. The number of carbonyl (C=O) groups excluding carboxylic acids is 2. The van der Waals surface area contributed by atoms with Gasteiger partial charge in [-0.15, -0.1) is 0 Å². The number of benzene rings is 3. The third-order valence-corrected chi connectivity index (χ3v) is 7.69. The van der Waals surface area contributed by atoms with Gasteiger partial charge in [-0.2, -0.15) is 0 Å². The highest BCUT2D eigenvalue weighted by molar-refractivity contribution is 5.79. The lowest BCUT2D eigenvalue weighted by atomic mass is 9.70. The summed E-state index contributed by atoms with van der Waals surface area (Å²) in [5, 5.41) is 23.8. The molecule has 0 aromatic heterocycles. The number of methoxy groups -OCH3 is 4. The highest BCUT2D eigenvalue weighted by atomic mass is 16.6. The molecule has 1 aliphatic heterocycles. The van der Waals surface area contributed by atoms with Gasteiger partial charge in [0.1, 0.15) is 23.2 Å². The van der Waals surface area contributed by atoms with E-state index in [1.54, 1.807) is 48.5 Å². The van der Waals surface area contributed by atoms with Gasteiger partial charge in [0.05, 0.1) is 34.0 Å². The Morgan fingerprint density at radius 1 is 0.949 bits per heavy atom. The van der Waals surface area contributed by atoms with Crippen LogP contribution in [0.25, 0.3) is 0 Å². The van der Waals surface area contributed by atoms with Crippen LogP contribution in [0, 0.1) is 5.92 Å². The van der Waals surface area contributed by atoms with Gasteiger partial charge in [0.15, 0.2) is 28.8 Å². The summed E-state index contributed by atoms with van der Waals surface area (Å²) in [7, 11) is 5.51. The van der Waals surface area contributed by atoms with E-state index in [1.807, 2.05) is 0 Å². The van der Waals surface area contributed by atoms with Gasteiger partial charge in [-0.1, -0.05) is 36.4 Å². The molecule has 1 saturated carbocycles. The first-order valence-electron chi connectivity index (χ1n) is 12.1. The van der Waals surface area contributed by atoms with Crippen molar-refractivity contribution in [2.75, 3.05) is 28.4 Å². The first-order valence-corrected chi connectivity index (χ1v) is 12.1. The highest BCUT2D eigenvalue weighted by Gasteiger charge is 2.79. The third-order valence-electron chi connectivity index (χ3n) is 7.69. The molecule has 204 valence electrons. The molecule has 1 fully saturated rings. The maximum Gasteiger partial charge on any atom is 0.313 e. The minimum absolute atomic E-state index is 0.153. The molecule has 2 aliphatic rings. The van der Waals surface area contributed by atoms with Crippen molar-refractivity contribution in [2.24, 2.45) is 5.92 Å². The molecule has 3 aromatic rings. The van der Waals surface area contributed by atoms with Gasteiger partial charge < -0.3 is 38.6 Å². The lowest BCUT2D eigenvalue weighted by molar-refractivity contribution is -0.177. The van der Waals surface area contributed by atoms with E-state index in [0.717, 1.165) is 0 Å². The second-order valence-corrected chi connectivity index (χ2v) is 9.28. The fourth-order valence-electron chi connectivity index (χ4n) is 6.20. The van der Waals surface area contributed by atoms with Gasteiger partial charge in [-0.05, 0) is 17.7 Å². The molecular weight excluding hydrogens is 508 g/mol. The molecule has 3 aromatic carbocycles. The van der Waals surface area contributed by atoms with Crippen LogP contribution in [-0.2, 0) is 30.3 Å². The van der Waals surface area contributed by atoms with Crippen LogP contribution in [0.2, 0.25) is 0 Å². The number of phenolic OH excluding ortho intramolecular Hbond substituents is 1. The van der Waals surface area contributed by atoms with Crippen LogP contribution < -0.4 is 18.9 Å². The van der Waals surface area contributed by atoms with Gasteiger partial charge >= 0.3 is 5.97 Å². The molecule has 1 heterocycles. The molecule has 10 nitrogen and oxygen atoms in total. The number of aliphatic hydroxyl groups is 1. The van der Waals surface area contributed by atoms with Crippen LogP contribution in [-0.4, -0.2) is 57.2 Å². The molecule has 2 N–H and O–H groups in total. The molecule has 0 bridgehead atoms. The molecule has 0 radical (unpaired) electrons. The van der Waals surface area contributed by atoms with E-state index in [0.29, 0.717) is 16.9 Å². The van der Waals surface area contributed by atoms with Crippen molar-refractivity contribution in [3.63, 3.8) is 0 Å². The van der Waals surface area contributed by atoms with Gasteiger partial charge in [-0.3, -0.25) is 9.59 Å². The SMILES string of the molecule is COC(=O)C1C(OC=O)C2(O)c3c(OC)cc(OC)cc3OC2(c2ccc(OC)c(O)c2)C1c1ccccc1. The van der Waals surface area contributed by atoms with Crippen molar-refractivity contribution < 1.29 is 48.2 Å². The summed E-state index contributed by atoms with van der Waals surface area (Å²) in [5.41, 5.74) is -2.99. The van der Waals surface area contributed by atoms with Crippen molar-refractivity contribution in [1.82, 2.24) is 0 Å². The zero-order chi connectivity index (χ0) is 27.9. The topological polar surface area (TPSA) is 130 Å². The van der Waals surface area contributed by atoms with Gasteiger partial charge in [0.25, 0.3) is 6.47 Å². The number of fused-ring (bicyclic) bond motifs is 3. The summed E-state index contributed by atoms with van der Waals surface area (Å²) in [6.07, 6.45) is -1.49. The quantitative estimate of drug-likeness (QED) is 0.327. The Hall–Kier alpha value is -4.44. The van der Waals surface area contributed by atoms with Crippen molar-refractivity contribution in [3.05, 3.63) is 77.4 Å². The summed E-state index contributed by atoms with van der Waals surface area (Å²) in [6, 6.07) is 16.6. The zero-order valence-corrected chi connectivity index (χ0v) is 21.7. The maximum atomic E-state index is 13.5. The standard InChI is InChI=1S/C29H28O10/c1-34-18-13-21(36-3)25-22(14-18)39-29(17-10-11-20(35-2)19(31)12-17)24(16-8-6-5-7-9-16)23(27(32)37-4)26(38-15-30)28(25,29)33/h5-15,23-24,26,31,33H,1-4H3. The van der Waals surface area contributed by atoms with Gasteiger partial charge in [-0.25, -0.2) is 0 Å². The van der Waals surface area contributed by atoms with E-state index in [1.165, 1.54) is 40.6 Å². The minimum atomic E-state index is -2.21. The number of phenols is 1. The van der Waals surface area contributed by atoms with E-state index in [4.69, 9.17) is 28.4 Å². The number of aromatic hydroxyl groups is 1. The Labute approximate surface area is 224 Å². The Bertz CT molecular complexity index is 1410. The van der Waals surface area contributed by atoms with E-state index in [-0.39, 0.29) is 35.0 Å². The molecule has 1 aliphatic carbocycles. The molecule has 5 atom stereocenters. The number of esters is 1. The van der Waals surface area contributed by atoms with Crippen LogP contribution in [0.4, 0.5) is 0 Å². The summed E-state index contributed by atoms with van der Waals surface area (Å²) >= 11 is 0. The van der Waals surface area contributed by atoms with Crippen molar-refractivity contribution >= 4 is 12.4 Å². The summed E-state index contributed by atoms with van der Waals surface area (Å²) in [4.78, 5) is 25.4. The fourth-order valence-corrected chi connectivity index (χ4v) is 6.20. The summed E-state index contributed by atoms with van der Waals surface area (Å²) < 4.78 is 33.8. The monoisotopic (exact) mass is 536 g/mol. The maximum absolute atomic E-state index is 13.5. The molecule has 39 heavy (non-hydrogen) atoms. The fraction of sp³-hybridized carbons (Fsp3) is 0.310.